The first kappa shape index (κ1) is 20.0. The van der Waals surface area contributed by atoms with Gasteiger partial charge in [-0.1, -0.05) is 11.9 Å². The number of halogens is 3. The van der Waals surface area contributed by atoms with E-state index in [0.717, 1.165) is 37.9 Å². The third-order valence-electron chi connectivity index (χ3n) is 3.97. The largest absolute Gasteiger partial charge is 0.417 e. The SMILES string of the molecule is CC(C)(C)SNC1CCC(C(=O)Nc2ccc(C(F)(F)F)cn2)CC1. The van der Waals surface area contributed by atoms with Crippen LogP contribution in [0.3, 0.4) is 0 Å². The van der Waals surface area contributed by atoms with Crippen molar-refractivity contribution in [3.8, 4) is 0 Å². The number of hydrogen-bond donors (Lipinski definition) is 2. The Morgan fingerprint density at radius 3 is 2.28 bits per heavy atom. The van der Waals surface area contributed by atoms with Crippen LogP contribution in [-0.4, -0.2) is 21.7 Å². The van der Waals surface area contributed by atoms with Crippen molar-refractivity contribution in [2.45, 2.75) is 63.4 Å². The van der Waals surface area contributed by atoms with E-state index in [-0.39, 0.29) is 22.4 Å². The van der Waals surface area contributed by atoms with Gasteiger partial charge in [-0.15, -0.1) is 0 Å². The lowest BCUT2D eigenvalue weighted by Crippen LogP contribution is -2.35. The smallest absolute Gasteiger partial charge is 0.310 e. The molecular formula is C17H24F3N3OS. The standard InChI is InChI=1S/C17H24F3N3OS/c1-16(2,3)25-23-13-7-4-11(5-8-13)15(24)22-14-9-6-12(10-21-14)17(18,19)20/h6,9-11,13,23H,4-5,7-8H2,1-3H3,(H,21,22,24). The van der Waals surface area contributed by atoms with Crippen LogP contribution in [0.4, 0.5) is 19.0 Å². The van der Waals surface area contributed by atoms with E-state index in [0.29, 0.717) is 6.04 Å². The number of anilines is 1. The summed E-state index contributed by atoms with van der Waals surface area (Å²) in [5.74, 6) is -0.141. The summed E-state index contributed by atoms with van der Waals surface area (Å²) in [7, 11) is 0. The number of nitrogens with one attached hydrogen (secondary N) is 2. The van der Waals surface area contributed by atoms with Gasteiger partial charge in [0.05, 0.1) is 5.56 Å². The Morgan fingerprint density at radius 1 is 1.16 bits per heavy atom. The van der Waals surface area contributed by atoms with Crippen LogP contribution < -0.4 is 10.0 Å². The molecule has 0 spiro atoms. The van der Waals surface area contributed by atoms with E-state index in [4.69, 9.17) is 0 Å². The lowest BCUT2D eigenvalue weighted by molar-refractivity contribution is -0.137. The van der Waals surface area contributed by atoms with Gasteiger partial charge in [-0.3, -0.25) is 9.52 Å². The molecule has 140 valence electrons. The lowest BCUT2D eigenvalue weighted by atomic mass is 9.86. The number of aromatic nitrogens is 1. The second-order valence-corrected chi connectivity index (χ2v) is 8.96. The van der Waals surface area contributed by atoms with Gasteiger partial charge in [-0.05, 0) is 58.6 Å². The number of amides is 1. The zero-order chi connectivity index (χ0) is 18.7. The van der Waals surface area contributed by atoms with Crippen molar-refractivity contribution in [2.75, 3.05) is 5.32 Å². The van der Waals surface area contributed by atoms with Crippen LogP contribution in [0, 0.1) is 5.92 Å². The van der Waals surface area contributed by atoms with E-state index in [1.165, 1.54) is 6.07 Å². The molecule has 0 saturated heterocycles. The molecular weight excluding hydrogens is 351 g/mol. The van der Waals surface area contributed by atoms with Gasteiger partial charge in [0.15, 0.2) is 0 Å². The van der Waals surface area contributed by atoms with E-state index >= 15 is 0 Å². The van der Waals surface area contributed by atoms with E-state index in [1.807, 2.05) is 0 Å². The minimum absolute atomic E-state index is 0.123. The summed E-state index contributed by atoms with van der Waals surface area (Å²) in [5, 5.41) is 2.62. The molecule has 0 unspecified atom stereocenters. The number of hydrogen-bond acceptors (Lipinski definition) is 4. The van der Waals surface area contributed by atoms with Gasteiger partial charge in [0.25, 0.3) is 0 Å². The number of pyridine rings is 1. The fourth-order valence-corrected chi connectivity index (χ4v) is 3.35. The monoisotopic (exact) mass is 375 g/mol. The van der Waals surface area contributed by atoms with Crippen LogP contribution in [0.25, 0.3) is 0 Å². The Hall–Kier alpha value is -1.28. The predicted molar refractivity (Wildman–Crippen MR) is 94.1 cm³/mol. The van der Waals surface area contributed by atoms with Crippen LogP contribution in [0.15, 0.2) is 18.3 Å². The van der Waals surface area contributed by atoms with Crippen LogP contribution in [-0.2, 0) is 11.0 Å². The molecule has 1 heterocycles. The average Bonchev–Trinajstić information content (AvgIpc) is 2.52. The van der Waals surface area contributed by atoms with Gasteiger partial charge in [-0.2, -0.15) is 13.2 Å². The van der Waals surface area contributed by atoms with Crippen LogP contribution in [0.1, 0.15) is 52.0 Å². The molecule has 1 fully saturated rings. The van der Waals surface area contributed by atoms with Crippen molar-refractivity contribution in [1.82, 2.24) is 9.71 Å². The van der Waals surface area contributed by atoms with Gasteiger partial charge >= 0.3 is 6.18 Å². The van der Waals surface area contributed by atoms with E-state index < -0.39 is 11.7 Å². The molecule has 8 heteroatoms. The summed E-state index contributed by atoms with van der Waals surface area (Å²) in [6, 6.07) is 2.50. The molecule has 1 aromatic rings. The normalized spacial score (nSPS) is 21.8. The second kappa shape index (κ2) is 7.95. The van der Waals surface area contributed by atoms with Crippen LogP contribution in [0.2, 0.25) is 0 Å². The van der Waals surface area contributed by atoms with Crippen molar-refractivity contribution in [1.29, 1.82) is 0 Å². The van der Waals surface area contributed by atoms with Crippen molar-refractivity contribution in [2.24, 2.45) is 5.92 Å². The number of nitrogens with zero attached hydrogens (tertiary/aromatic N) is 1. The van der Waals surface area contributed by atoms with E-state index in [1.54, 1.807) is 11.9 Å². The molecule has 0 bridgehead atoms. The van der Waals surface area contributed by atoms with Crippen molar-refractivity contribution in [3.63, 3.8) is 0 Å². The Morgan fingerprint density at radius 2 is 1.80 bits per heavy atom. The molecule has 2 N–H and O–H groups in total. The molecule has 0 radical (unpaired) electrons. The molecule has 0 atom stereocenters. The zero-order valence-electron chi connectivity index (χ0n) is 14.6. The lowest BCUT2D eigenvalue weighted by Gasteiger charge is -2.30. The fraction of sp³-hybridized carbons (Fsp3) is 0.647. The zero-order valence-corrected chi connectivity index (χ0v) is 15.4. The minimum atomic E-state index is -4.42. The highest BCUT2D eigenvalue weighted by molar-refractivity contribution is 7.98. The Balaban J connectivity index is 1.81. The first-order valence-electron chi connectivity index (χ1n) is 8.32. The van der Waals surface area contributed by atoms with Crippen molar-refractivity contribution in [3.05, 3.63) is 23.9 Å². The van der Waals surface area contributed by atoms with Gasteiger partial charge in [0, 0.05) is 22.9 Å². The maximum atomic E-state index is 12.5. The van der Waals surface area contributed by atoms with Gasteiger partial charge in [0.1, 0.15) is 5.82 Å². The van der Waals surface area contributed by atoms with Gasteiger partial charge in [-0.25, -0.2) is 4.98 Å². The third-order valence-corrected chi connectivity index (χ3v) is 5.04. The topological polar surface area (TPSA) is 54.0 Å². The Kier molecular flexibility index (Phi) is 6.37. The maximum absolute atomic E-state index is 12.5. The maximum Gasteiger partial charge on any atom is 0.417 e. The minimum Gasteiger partial charge on any atom is -0.310 e. The third kappa shape index (κ3) is 6.51. The van der Waals surface area contributed by atoms with Gasteiger partial charge < -0.3 is 5.32 Å². The number of rotatable bonds is 4. The molecule has 0 aliphatic heterocycles. The molecule has 1 aromatic heterocycles. The highest BCUT2D eigenvalue weighted by Crippen LogP contribution is 2.30. The molecule has 2 rings (SSSR count). The Bertz CT molecular complexity index is 576. The molecule has 1 aliphatic carbocycles. The summed E-state index contributed by atoms with van der Waals surface area (Å²) in [5.41, 5.74) is -0.826. The van der Waals surface area contributed by atoms with Crippen LogP contribution in [0.5, 0.6) is 0 Å². The van der Waals surface area contributed by atoms with E-state index in [2.05, 4.69) is 35.8 Å². The van der Waals surface area contributed by atoms with Crippen LogP contribution >= 0.6 is 11.9 Å². The first-order chi connectivity index (χ1) is 11.5. The molecule has 1 saturated carbocycles. The highest BCUT2D eigenvalue weighted by Gasteiger charge is 2.31. The highest BCUT2D eigenvalue weighted by atomic mass is 32.2. The fourth-order valence-electron chi connectivity index (χ4n) is 2.60. The molecule has 4 nitrogen and oxygen atoms in total. The number of alkyl halides is 3. The first-order valence-corrected chi connectivity index (χ1v) is 9.14. The molecule has 0 aromatic carbocycles. The number of carbonyl (C=O) groups excluding carboxylic acids is 1. The van der Waals surface area contributed by atoms with Crippen molar-refractivity contribution >= 4 is 23.7 Å². The summed E-state index contributed by atoms with van der Waals surface area (Å²) in [6.07, 6.45) is -0.362. The van der Waals surface area contributed by atoms with Crippen molar-refractivity contribution < 1.29 is 18.0 Å². The molecule has 1 amide bonds. The average molecular weight is 375 g/mol. The summed E-state index contributed by atoms with van der Waals surface area (Å²) in [6.45, 7) is 6.42. The number of carbonyl (C=O) groups is 1. The van der Waals surface area contributed by atoms with Gasteiger partial charge in [0.2, 0.25) is 5.91 Å². The second-order valence-electron chi connectivity index (χ2n) is 7.30. The molecule has 25 heavy (non-hydrogen) atoms. The summed E-state index contributed by atoms with van der Waals surface area (Å²) < 4.78 is 41.1. The quantitative estimate of drug-likeness (QED) is 0.753. The Labute approximate surface area is 150 Å². The summed E-state index contributed by atoms with van der Waals surface area (Å²) >= 11 is 1.70. The predicted octanol–water partition coefficient (Wildman–Crippen LogP) is 4.63. The summed E-state index contributed by atoms with van der Waals surface area (Å²) in [4.78, 5) is 16.0. The van der Waals surface area contributed by atoms with E-state index in [9.17, 15) is 18.0 Å². The molecule has 1 aliphatic rings.